The van der Waals surface area contributed by atoms with Crippen molar-refractivity contribution in [3.05, 3.63) is 137 Å². The number of nitro benzene ring substituents is 1. The van der Waals surface area contributed by atoms with Crippen LogP contribution in [0.5, 0.6) is 0 Å². The van der Waals surface area contributed by atoms with E-state index in [0.717, 1.165) is 15.4 Å². The summed E-state index contributed by atoms with van der Waals surface area (Å²) in [4.78, 5) is 40.3. The minimum absolute atomic E-state index is 0.0462. The van der Waals surface area contributed by atoms with Gasteiger partial charge in [0.15, 0.2) is 0 Å². The lowest BCUT2D eigenvalue weighted by Gasteiger charge is -2.34. The molecule has 4 rings (SSSR count). The van der Waals surface area contributed by atoms with Crippen LogP contribution in [0.2, 0.25) is 0 Å². The van der Waals surface area contributed by atoms with Crippen LogP contribution in [0.3, 0.4) is 0 Å². The molecule has 0 aromatic heterocycles. The average molecular weight is 629 g/mol. The van der Waals surface area contributed by atoms with Crippen LogP contribution in [-0.4, -0.2) is 48.7 Å². The number of nitrogens with zero attached hydrogens (tertiary/aromatic N) is 3. The molecule has 45 heavy (non-hydrogen) atoms. The number of anilines is 1. The van der Waals surface area contributed by atoms with E-state index in [1.165, 1.54) is 41.3 Å². The molecule has 0 bridgehead atoms. The van der Waals surface area contributed by atoms with Gasteiger partial charge in [0.25, 0.3) is 15.7 Å². The monoisotopic (exact) mass is 628 g/mol. The number of benzene rings is 4. The van der Waals surface area contributed by atoms with E-state index in [4.69, 9.17) is 0 Å². The molecular formula is C34H36N4O6S. The minimum atomic E-state index is -4.30. The molecule has 0 unspecified atom stereocenters. The average Bonchev–Trinajstić information content (AvgIpc) is 3.06. The summed E-state index contributed by atoms with van der Waals surface area (Å²) in [5.74, 6) is -0.970. The van der Waals surface area contributed by atoms with Gasteiger partial charge in [-0.25, -0.2) is 8.42 Å². The van der Waals surface area contributed by atoms with Crippen LogP contribution in [0.15, 0.2) is 120 Å². The van der Waals surface area contributed by atoms with Gasteiger partial charge in [0.2, 0.25) is 11.8 Å². The molecule has 0 heterocycles. The number of hydrogen-bond donors (Lipinski definition) is 1. The van der Waals surface area contributed by atoms with Gasteiger partial charge in [-0.15, -0.1) is 0 Å². The van der Waals surface area contributed by atoms with Crippen LogP contribution in [0.4, 0.5) is 11.4 Å². The van der Waals surface area contributed by atoms with Crippen LogP contribution in [0, 0.1) is 10.1 Å². The van der Waals surface area contributed by atoms with E-state index in [-0.39, 0.29) is 41.2 Å². The Balaban J connectivity index is 1.80. The fourth-order valence-corrected chi connectivity index (χ4v) is 6.20. The lowest BCUT2D eigenvalue weighted by molar-refractivity contribution is -0.384. The summed E-state index contributed by atoms with van der Waals surface area (Å²) in [6.45, 7) is 3.22. The van der Waals surface area contributed by atoms with Crippen LogP contribution < -0.4 is 9.62 Å². The largest absolute Gasteiger partial charge is 0.352 e. The Kier molecular flexibility index (Phi) is 11.0. The van der Waals surface area contributed by atoms with E-state index < -0.39 is 33.4 Å². The third-order valence-electron chi connectivity index (χ3n) is 7.43. The van der Waals surface area contributed by atoms with Crippen molar-refractivity contribution in [2.24, 2.45) is 0 Å². The Morgan fingerprint density at radius 1 is 0.822 bits per heavy atom. The number of hydrogen-bond acceptors (Lipinski definition) is 6. The van der Waals surface area contributed by atoms with E-state index in [2.05, 4.69) is 5.32 Å². The molecular weight excluding hydrogens is 592 g/mol. The van der Waals surface area contributed by atoms with Crippen LogP contribution >= 0.6 is 0 Å². The predicted molar refractivity (Wildman–Crippen MR) is 173 cm³/mol. The Morgan fingerprint density at radius 3 is 1.89 bits per heavy atom. The lowest BCUT2D eigenvalue weighted by Crippen LogP contribution is -2.54. The summed E-state index contributed by atoms with van der Waals surface area (Å²) in [5.41, 5.74) is 1.43. The first-order valence-electron chi connectivity index (χ1n) is 14.6. The number of nitro groups is 1. The van der Waals surface area contributed by atoms with Crippen molar-refractivity contribution in [1.29, 1.82) is 0 Å². The Bertz CT molecular complexity index is 1690. The van der Waals surface area contributed by atoms with Crippen molar-refractivity contribution in [2.75, 3.05) is 10.8 Å². The fraction of sp³-hybridized carbons (Fsp3) is 0.235. The molecule has 0 saturated heterocycles. The molecule has 0 fully saturated rings. The molecule has 2 amide bonds. The number of non-ortho nitro benzene ring substituents is 1. The van der Waals surface area contributed by atoms with Crippen molar-refractivity contribution in [3.63, 3.8) is 0 Å². The third-order valence-corrected chi connectivity index (χ3v) is 9.21. The van der Waals surface area contributed by atoms with Gasteiger partial charge in [-0.05, 0) is 48.7 Å². The van der Waals surface area contributed by atoms with E-state index >= 15 is 0 Å². The first-order chi connectivity index (χ1) is 21.6. The van der Waals surface area contributed by atoms with Gasteiger partial charge in [-0.2, -0.15) is 0 Å². The summed E-state index contributed by atoms with van der Waals surface area (Å²) in [7, 11) is -4.30. The molecule has 4 aromatic carbocycles. The zero-order valence-corrected chi connectivity index (χ0v) is 26.0. The highest BCUT2D eigenvalue weighted by Gasteiger charge is 2.35. The molecule has 0 aliphatic heterocycles. The van der Waals surface area contributed by atoms with E-state index in [0.29, 0.717) is 6.42 Å². The van der Waals surface area contributed by atoms with Gasteiger partial charge in [0.05, 0.1) is 15.5 Å². The summed E-state index contributed by atoms with van der Waals surface area (Å²) in [5, 5.41) is 14.3. The highest BCUT2D eigenvalue weighted by molar-refractivity contribution is 7.92. The standard InChI is InChI=1S/C34H36N4O6S/c1-3-26(2)35-34(40)32(23-27-13-7-4-8-14-27)36(24-28-15-9-5-10-16-28)33(39)25-37(29-19-21-30(22-20-29)38(41)42)45(43,44)31-17-11-6-12-18-31/h4-22,26,32H,3,23-25H2,1-2H3,(H,35,40)/t26-,32-/m0/s1. The molecule has 0 aliphatic carbocycles. The van der Waals surface area contributed by atoms with E-state index in [1.807, 2.05) is 74.5 Å². The molecule has 0 radical (unpaired) electrons. The van der Waals surface area contributed by atoms with Crippen LogP contribution in [0.1, 0.15) is 31.4 Å². The summed E-state index contributed by atoms with van der Waals surface area (Å²) >= 11 is 0. The Morgan fingerprint density at radius 2 is 1.36 bits per heavy atom. The van der Waals surface area contributed by atoms with E-state index in [1.54, 1.807) is 18.2 Å². The smallest absolute Gasteiger partial charge is 0.269 e. The second-order valence-corrected chi connectivity index (χ2v) is 12.5. The molecule has 0 aliphatic rings. The molecule has 234 valence electrons. The summed E-state index contributed by atoms with van der Waals surface area (Å²) in [6, 6.07) is 30.0. The number of nitrogens with one attached hydrogen (secondary N) is 1. The minimum Gasteiger partial charge on any atom is -0.352 e. The van der Waals surface area contributed by atoms with Crippen molar-refractivity contribution >= 4 is 33.2 Å². The van der Waals surface area contributed by atoms with Gasteiger partial charge < -0.3 is 10.2 Å². The highest BCUT2D eigenvalue weighted by atomic mass is 32.2. The number of sulfonamides is 1. The molecule has 4 aromatic rings. The number of carbonyl (C=O) groups excluding carboxylic acids is 2. The fourth-order valence-electron chi connectivity index (χ4n) is 4.76. The zero-order valence-electron chi connectivity index (χ0n) is 25.2. The predicted octanol–water partition coefficient (Wildman–Crippen LogP) is 5.34. The zero-order chi connectivity index (χ0) is 32.4. The number of carbonyl (C=O) groups is 2. The Hall–Kier alpha value is -5.03. The van der Waals surface area contributed by atoms with Crippen molar-refractivity contribution in [2.45, 2.75) is 50.2 Å². The molecule has 11 heteroatoms. The SMILES string of the molecule is CC[C@H](C)NC(=O)[C@H](Cc1ccccc1)N(Cc1ccccc1)C(=O)CN(c1ccc([N+](=O)[O-])cc1)S(=O)(=O)c1ccccc1. The quantitative estimate of drug-likeness (QED) is 0.148. The molecule has 10 nitrogen and oxygen atoms in total. The van der Waals surface area contributed by atoms with Crippen LogP contribution in [0.25, 0.3) is 0 Å². The number of amides is 2. The number of rotatable bonds is 14. The van der Waals surface area contributed by atoms with E-state index in [9.17, 15) is 28.1 Å². The second-order valence-electron chi connectivity index (χ2n) is 10.6. The molecule has 2 atom stereocenters. The summed E-state index contributed by atoms with van der Waals surface area (Å²) < 4.78 is 28.9. The van der Waals surface area contributed by atoms with Gasteiger partial charge in [-0.1, -0.05) is 85.8 Å². The maximum absolute atomic E-state index is 14.4. The first-order valence-corrected chi connectivity index (χ1v) is 16.0. The van der Waals surface area contributed by atoms with Gasteiger partial charge in [-0.3, -0.25) is 24.0 Å². The van der Waals surface area contributed by atoms with Gasteiger partial charge in [0.1, 0.15) is 12.6 Å². The van der Waals surface area contributed by atoms with Crippen molar-refractivity contribution in [1.82, 2.24) is 10.2 Å². The Labute approximate surface area is 263 Å². The van der Waals surface area contributed by atoms with Crippen molar-refractivity contribution in [3.8, 4) is 0 Å². The van der Waals surface area contributed by atoms with Crippen LogP contribution in [-0.2, 0) is 32.6 Å². The molecule has 0 spiro atoms. The highest BCUT2D eigenvalue weighted by Crippen LogP contribution is 2.27. The molecule has 1 N–H and O–H groups in total. The topological polar surface area (TPSA) is 130 Å². The third kappa shape index (κ3) is 8.54. The summed E-state index contributed by atoms with van der Waals surface area (Å²) in [6.07, 6.45) is 0.879. The van der Waals surface area contributed by atoms with Gasteiger partial charge in [0, 0.05) is 31.1 Å². The normalized spacial score (nSPS) is 12.5. The second kappa shape index (κ2) is 15.1. The van der Waals surface area contributed by atoms with Gasteiger partial charge >= 0.3 is 0 Å². The first kappa shape index (κ1) is 32.9. The maximum Gasteiger partial charge on any atom is 0.269 e. The lowest BCUT2D eigenvalue weighted by atomic mass is 10.0. The maximum atomic E-state index is 14.4. The molecule has 0 saturated carbocycles. The van der Waals surface area contributed by atoms with Crippen molar-refractivity contribution < 1.29 is 22.9 Å².